The van der Waals surface area contributed by atoms with Gasteiger partial charge in [0.05, 0.1) is 11.4 Å². The number of carbonyl (C=O) groups excluding carboxylic acids is 1. The quantitative estimate of drug-likeness (QED) is 0.646. The lowest BCUT2D eigenvalue weighted by Gasteiger charge is -2.30. The molecule has 0 radical (unpaired) electrons. The van der Waals surface area contributed by atoms with Crippen LogP contribution in [-0.4, -0.2) is 48.9 Å². The number of aromatic nitrogens is 5. The van der Waals surface area contributed by atoms with Gasteiger partial charge in [-0.15, -0.1) is 10.2 Å². The van der Waals surface area contributed by atoms with Crippen LogP contribution in [0.15, 0.2) is 16.7 Å². The molecule has 8 heteroatoms. The van der Waals surface area contributed by atoms with Crippen LogP contribution >= 0.6 is 0 Å². The molecule has 0 saturated carbocycles. The molecule has 1 amide bonds. The van der Waals surface area contributed by atoms with E-state index in [1.54, 1.807) is 0 Å². The highest BCUT2D eigenvalue weighted by Gasteiger charge is 2.32. The molecule has 0 aromatic carbocycles. The minimum Gasteiger partial charge on any atom is -0.350 e. The summed E-state index contributed by atoms with van der Waals surface area (Å²) in [6.45, 7) is 7.80. The van der Waals surface area contributed by atoms with Crippen molar-refractivity contribution in [3.63, 3.8) is 0 Å². The van der Waals surface area contributed by atoms with Crippen molar-refractivity contribution in [2.75, 3.05) is 13.1 Å². The van der Waals surface area contributed by atoms with Gasteiger partial charge in [0.25, 0.3) is 5.91 Å². The number of hydrogen-bond donors (Lipinski definition) is 0. The molecule has 4 heterocycles. The fourth-order valence-corrected chi connectivity index (χ4v) is 4.50. The zero-order valence-corrected chi connectivity index (χ0v) is 17.9. The topological polar surface area (TPSA) is 89.4 Å². The summed E-state index contributed by atoms with van der Waals surface area (Å²) < 4.78 is 7.34. The monoisotopic (exact) mass is 408 g/mol. The predicted octanol–water partition coefficient (Wildman–Crippen LogP) is 3.31. The van der Waals surface area contributed by atoms with Gasteiger partial charge in [-0.05, 0) is 50.7 Å². The van der Waals surface area contributed by atoms with Gasteiger partial charge in [0, 0.05) is 30.0 Å². The number of rotatable bonds is 2. The zero-order chi connectivity index (χ0) is 20.9. The standard InChI is InChI=1S/C22H28N6O2/c1-22(2,3)17-8-9-18-23-24-20(28(18)25-17)14-10-12-27(13-11-14)21(29)19-15-6-4-5-7-16(15)26-30-19/h8-9,14H,4-7,10-13H2,1-3H3. The largest absolute Gasteiger partial charge is 0.350 e. The SMILES string of the molecule is CC(C)(C)c1ccc2nnc(C3CCN(C(=O)c4onc5c4CCCC5)CC3)n2n1. The van der Waals surface area contributed by atoms with E-state index in [1.807, 2.05) is 21.5 Å². The summed E-state index contributed by atoms with van der Waals surface area (Å²) in [5.74, 6) is 1.55. The summed E-state index contributed by atoms with van der Waals surface area (Å²) in [5, 5.41) is 17.7. The van der Waals surface area contributed by atoms with E-state index in [-0.39, 0.29) is 17.2 Å². The van der Waals surface area contributed by atoms with E-state index < -0.39 is 0 Å². The highest BCUT2D eigenvalue weighted by Crippen LogP contribution is 2.30. The summed E-state index contributed by atoms with van der Waals surface area (Å²) in [6.07, 6.45) is 5.70. The molecule has 0 N–H and O–H groups in total. The summed E-state index contributed by atoms with van der Waals surface area (Å²) >= 11 is 0. The van der Waals surface area contributed by atoms with Gasteiger partial charge in [0.15, 0.2) is 11.5 Å². The number of fused-ring (bicyclic) bond motifs is 2. The van der Waals surface area contributed by atoms with Gasteiger partial charge in [-0.3, -0.25) is 4.79 Å². The number of amides is 1. The van der Waals surface area contributed by atoms with Crippen LogP contribution in [0.4, 0.5) is 0 Å². The van der Waals surface area contributed by atoms with E-state index in [0.717, 1.165) is 66.9 Å². The first kappa shape index (κ1) is 19.2. The van der Waals surface area contributed by atoms with Crippen LogP contribution in [0.1, 0.15) is 85.7 Å². The van der Waals surface area contributed by atoms with Gasteiger partial charge in [-0.25, -0.2) is 0 Å². The molecule has 1 fully saturated rings. The molecule has 2 aliphatic rings. The van der Waals surface area contributed by atoms with Crippen molar-refractivity contribution in [2.45, 2.75) is 70.6 Å². The minimum atomic E-state index is -0.0400. The van der Waals surface area contributed by atoms with Gasteiger partial charge in [0.2, 0.25) is 5.76 Å². The second kappa shape index (κ2) is 7.18. The van der Waals surface area contributed by atoms with Crippen molar-refractivity contribution in [1.82, 2.24) is 29.9 Å². The van der Waals surface area contributed by atoms with Crippen molar-refractivity contribution in [3.05, 3.63) is 40.7 Å². The number of likely N-dealkylation sites (tertiary alicyclic amines) is 1. The molecule has 30 heavy (non-hydrogen) atoms. The molecular formula is C22H28N6O2. The first-order chi connectivity index (χ1) is 14.4. The first-order valence-corrected chi connectivity index (χ1v) is 10.9. The fourth-order valence-electron chi connectivity index (χ4n) is 4.50. The second-order valence-electron chi connectivity index (χ2n) is 9.51. The molecule has 1 aliphatic carbocycles. The molecule has 5 rings (SSSR count). The van der Waals surface area contributed by atoms with E-state index in [4.69, 9.17) is 9.62 Å². The lowest BCUT2D eigenvalue weighted by atomic mass is 9.92. The highest BCUT2D eigenvalue weighted by atomic mass is 16.5. The molecule has 1 saturated heterocycles. The Morgan fingerprint density at radius 3 is 2.63 bits per heavy atom. The van der Waals surface area contributed by atoms with Crippen LogP contribution < -0.4 is 0 Å². The number of carbonyl (C=O) groups is 1. The Morgan fingerprint density at radius 1 is 1.10 bits per heavy atom. The number of hydrogen-bond acceptors (Lipinski definition) is 6. The van der Waals surface area contributed by atoms with Gasteiger partial charge in [-0.1, -0.05) is 25.9 Å². The Hall–Kier alpha value is -2.77. The molecule has 158 valence electrons. The maximum Gasteiger partial charge on any atom is 0.292 e. The fraction of sp³-hybridized carbons (Fsp3) is 0.591. The van der Waals surface area contributed by atoms with Crippen LogP contribution in [0.5, 0.6) is 0 Å². The molecule has 8 nitrogen and oxygen atoms in total. The maximum absolute atomic E-state index is 13.0. The third-order valence-corrected chi connectivity index (χ3v) is 6.36. The third-order valence-electron chi connectivity index (χ3n) is 6.36. The Bertz CT molecular complexity index is 1080. The van der Waals surface area contributed by atoms with Gasteiger partial charge in [-0.2, -0.15) is 9.61 Å². The zero-order valence-electron chi connectivity index (χ0n) is 17.9. The summed E-state index contributed by atoms with van der Waals surface area (Å²) in [5.41, 5.74) is 3.73. The molecule has 3 aromatic rings. The lowest BCUT2D eigenvalue weighted by molar-refractivity contribution is 0.0667. The Balaban J connectivity index is 1.33. The van der Waals surface area contributed by atoms with Crippen LogP contribution in [-0.2, 0) is 18.3 Å². The van der Waals surface area contributed by atoms with Crippen molar-refractivity contribution >= 4 is 11.6 Å². The summed E-state index contributed by atoms with van der Waals surface area (Å²) in [4.78, 5) is 14.9. The van der Waals surface area contributed by atoms with E-state index >= 15 is 0 Å². The first-order valence-electron chi connectivity index (χ1n) is 10.9. The second-order valence-corrected chi connectivity index (χ2v) is 9.51. The molecule has 0 spiro atoms. The van der Waals surface area contributed by atoms with E-state index in [9.17, 15) is 4.79 Å². The summed E-state index contributed by atoms with van der Waals surface area (Å²) in [7, 11) is 0. The van der Waals surface area contributed by atoms with E-state index in [2.05, 4.69) is 36.1 Å². The Labute approximate surface area is 175 Å². The minimum absolute atomic E-state index is 0.0247. The number of aryl methyl sites for hydroxylation is 1. The van der Waals surface area contributed by atoms with Crippen molar-refractivity contribution in [2.24, 2.45) is 0 Å². The van der Waals surface area contributed by atoms with Crippen molar-refractivity contribution in [1.29, 1.82) is 0 Å². The molecule has 0 atom stereocenters. The van der Waals surface area contributed by atoms with E-state index in [1.165, 1.54) is 0 Å². The normalized spacial score (nSPS) is 18.0. The number of piperidine rings is 1. The van der Waals surface area contributed by atoms with Crippen LogP contribution in [0.25, 0.3) is 5.65 Å². The lowest BCUT2D eigenvalue weighted by Crippen LogP contribution is -2.38. The predicted molar refractivity (Wildman–Crippen MR) is 111 cm³/mol. The molecule has 3 aromatic heterocycles. The average Bonchev–Trinajstić information content (AvgIpc) is 3.36. The van der Waals surface area contributed by atoms with Crippen molar-refractivity contribution < 1.29 is 9.32 Å². The maximum atomic E-state index is 13.0. The molecular weight excluding hydrogens is 380 g/mol. The summed E-state index contributed by atoms with van der Waals surface area (Å²) in [6, 6.07) is 4.00. The smallest absolute Gasteiger partial charge is 0.292 e. The van der Waals surface area contributed by atoms with E-state index in [0.29, 0.717) is 18.8 Å². The highest BCUT2D eigenvalue weighted by molar-refractivity contribution is 5.93. The van der Waals surface area contributed by atoms with Gasteiger partial charge in [0.1, 0.15) is 0 Å². The van der Waals surface area contributed by atoms with Gasteiger partial charge < -0.3 is 9.42 Å². The van der Waals surface area contributed by atoms with Crippen LogP contribution in [0.3, 0.4) is 0 Å². The Morgan fingerprint density at radius 2 is 1.87 bits per heavy atom. The van der Waals surface area contributed by atoms with Crippen LogP contribution in [0.2, 0.25) is 0 Å². The average molecular weight is 409 g/mol. The third kappa shape index (κ3) is 3.28. The number of nitrogens with zero attached hydrogens (tertiary/aromatic N) is 6. The molecule has 0 bridgehead atoms. The Kier molecular flexibility index (Phi) is 4.60. The molecule has 0 unspecified atom stereocenters. The van der Waals surface area contributed by atoms with Crippen LogP contribution in [0, 0.1) is 0 Å². The van der Waals surface area contributed by atoms with Gasteiger partial charge >= 0.3 is 0 Å². The van der Waals surface area contributed by atoms with Crippen molar-refractivity contribution in [3.8, 4) is 0 Å². The molecule has 1 aliphatic heterocycles.